The molecule has 0 radical (unpaired) electrons. The zero-order valence-corrected chi connectivity index (χ0v) is 29.4. The van der Waals surface area contributed by atoms with Crippen LogP contribution in [-0.4, -0.2) is 9.55 Å². The molecule has 0 aliphatic heterocycles. The second kappa shape index (κ2) is 11.6. The average molecular weight is 707 g/mol. The number of hydrogen-bond acceptors (Lipinski definition) is 4. The number of furan rings is 2. The molecule has 4 aromatic heterocycles. The van der Waals surface area contributed by atoms with E-state index in [1.54, 1.807) is 0 Å². The Morgan fingerprint density at radius 2 is 1.13 bits per heavy atom. The van der Waals surface area contributed by atoms with E-state index >= 15 is 0 Å². The molecule has 1 unspecified atom stereocenters. The second-order valence-corrected chi connectivity index (χ2v) is 14.2. The van der Waals surface area contributed by atoms with Crippen molar-refractivity contribution in [2.45, 2.75) is 5.92 Å². The number of benzene rings is 8. The summed E-state index contributed by atoms with van der Waals surface area (Å²) in [6.45, 7) is 0. The fourth-order valence-electron chi connectivity index (χ4n) is 8.81. The van der Waals surface area contributed by atoms with Gasteiger partial charge in [-0.05, 0) is 77.9 Å². The molecule has 4 heterocycles. The minimum Gasteiger partial charge on any atom is -0.456 e. The zero-order chi connectivity index (χ0) is 36.0. The van der Waals surface area contributed by atoms with Gasteiger partial charge in [-0.1, -0.05) is 109 Å². The van der Waals surface area contributed by atoms with Gasteiger partial charge in [-0.3, -0.25) is 0 Å². The van der Waals surface area contributed by atoms with E-state index in [4.69, 9.17) is 18.2 Å². The van der Waals surface area contributed by atoms with E-state index in [1.807, 2.05) is 54.6 Å². The van der Waals surface area contributed by atoms with Crippen LogP contribution in [0.1, 0.15) is 22.6 Å². The second-order valence-electron chi connectivity index (χ2n) is 14.2. The Kier molecular flexibility index (Phi) is 6.33. The van der Waals surface area contributed by atoms with Crippen molar-refractivity contribution in [1.82, 2.24) is 9.55 Å². The van der Waals surface area contributed by atoms with Gasteiger partial charge >= 0.3 is 0 Å². The molecule has 0 N–H and O–H groups in total. The maximum atomic E-state index is 6.92. The van der Waals surface area contributed by atoms with Crippen LogP contribution in [0.2, 0.25) is 0 Å². The van der Waals surface area contributed by atoms with Crippen molar-refractivity contribution in [2.24, 2.45) is 0 Å². The summed E-state index contributed by atoms with van der Waals surface area (Å²) in [5, 5.41) is 6.52. The smallest absolute Gasteiger partial charge is 0.227 e. The molecule has 0 spiro atoms. The molecule has 1 atom stereocenters. The molecule has 0 aliphatic rings. The maximum absolute atomic E-state index is 6.92. The molecule has 0 aliphatic carbocycles. The molecule has 0 saturated heterocycles. The Bertz CT molecular complexity index is 3440. The number of hydrogen-bond donors (Lipinski definition) is 0. The summed E-state index contributed by atoms with van der Waals surface area (Å²) in [6.07, 6.45) is 0. The lowest BCUT2D eigenvalue weighted by atomic mass is 9.81. The molecule has 258 valence electrons. The lowest BCUT2D eigenvalue weighted by Crippen LogP contribution is -2.06. The summed E-state index contributed by atoms with van der Waals surface area (Å²) in [5.41, 5.74) is 12.3. The molecular formula is C50H30N2O3. The highest BCUT2D eigenvalue weighted by molar-refractivity contribution is 6.14. The molecule has 5 heteroatoms. The van der Waals surface area contributed by atoms with Crippen LogP contribution in [0.15, 0.2) is 189 Å². The molecule has 0 amide bonds. The van der Waals surface area contributed by atoms with Crippen molar-refractivity contribution >= 4 is 76.8 Å². The standard InChI is InChI=1S/C50H30N2O3/c1-3-14-30(15-4-1)50-51-48-44(55-50)29-38-34-19-8-11-23-41(34)54-49(38)47(48)45(36-21-13-25-43-46(36)35-20-9-12-24-42(35)53-43)31-26-27-40-37(28-31)33-18-7-10-22-39(33)52(40)32-16-5-2-6-17-32/h1-29,45H. The number of aromatic nitrogens is 2. The van der Waals surface area contributed by atoms with Gasteiger partial charge in [0, 0.05) is 55.0 Å². The fraction of sp³-hybridized carbons (Fsp3) is 0.0200. The van der Waals surface area contributed by atoms with Crippen molar-refractivity contribution in [3.63, 3.8) is 0 Å². The first kappa shape index (κ1) is 30.1. The molecule has 55 heavy (non-hydrogen) atoms. The highest BCUT2D eigenvalue weighted by Crippen LogP contribution is 2.48. The summed E-state index contributed by atoms with van der Waals surface area (Å²) in [7, 11) is 0. The number of oxazole rings is 1. The molecule has 5 nitrogen and oxygen atoms in total. The average Bonchev–Trinajstić information content (AvgIpc) is 4.02. The third-order valence-electron chi connectivity index (χ3n) is 11.2. The Balaban J connectivity index is 1.24. The Morgan fingerprint density at radius 3 is 1.96 bits per heavy atom. The van der Waals surface area contributed by atoms with Gasteiger partial charge in [0.1, 0.15) is 27.8 Å². The minimum absolute atomic E-state index is 0.326. The van der Waals surface area contributed by atoms with Gasteiger partial charge in [0.2, 0.25) is 5.89 Å². The maximum Gasteiger partial charge on any atom is 0.227 e. The topological polar surface area (TPSA) is 57.2 Å². The summed E-state index contributed by atoms with van der Waals surface area (Å²) >= 11 is 0. The Labute approximate surface area is 314 Å². The number of nitrogens with zero attached hydrogens (tertiary/aromatic N) is 2. The summed E-state index contributed by atoms with van der Waals surface area (Å²) in [6, 6.07) is 61.3. The van der Waals surface area contributed by atoms with Crippen LogP contribution in [0.5, 0.6) is 0 Å². The third kappa shape index (κ3) is 4.44. The van der Waals surface area contributed by atoms with Crippen LogP contribution in [0, 0.1) is 0 Å². The lowest BCUT2D eigenvalue weighted by Gasteiger charge is -2.21. The first-order valence-corrected chi connectivity index (χ1v) is 18.6. The van der Waals surface area contributed by atoms with Crippen molar-refractivity contribution < 1.29 is 13.3 Å². The van der Waals surface area contributed by atoms with E-state index < -0.39 is 0 Å². The van der Waals surface area contributed by atoms with Gasteiger partial charge in [0.05, 0.1) is 11.0 Å². The van der Waals surface area contributed by atoms with E-state index in [-0.39, 0.29) is 5.92 Å². The van der Waals surface area contributed by atoms with Crippen LogP contribution in [0.3, 0.4) is 0 Å². The fourth-order valence-corrected chi connectivity index (χ4v) is 8.81. The highest BCUT2D eigenvalue weighted by Gasteiger charge is 2.31. The van der Waals surface area contributed by atoms with Crippen molar-refractivity contribution in [3.05, 3.63) is 193 Å². The lowest BCUT2D eigenvalue weighted by molar-refractivity contribution is 0.620. The molecule has 0 bridgehead atoms. The van der Waals surface area contributed by atoms with E-state index in [1.165, 1.54) is 10.8 Å². The SMILES string of the molecule is c1ccc(-c2nc3c(C(c4ccc5c(c4)c4ccccc4n5-c4ccccc4)c4cccc5oc6ccccc6c45)c4oc5ccccc5c4cc3o2)cc1. The van der Waals surface area contributed by atoms with Gasteiger partial charge < -0.3 is 17.8 Å². The highest BCUT2D eigenvalue weighted by atomic mass is 16.4. The van der Waals surface area contributed by atoms with Gasteiger partial charge in [-0.15, -0.1) is 0 Å². The Hall–Kier alpha value is -7.37. The third-order valence-corrected chi connectivity index (χ3v) is 11.2. The first-order chi connectivity index (χ1) is 27.3. The molecule has 0 saturated carbocycles. The number of para-hydroxylation sites is 4. The van der Waals surface area contributed by atoms with Gasteiger partial charge in [-0.25, -0.2) is 4.98 Å². The predicted molar refractivity (Wildman–Crippen MR) is 222 cm³/mol. The molecule has 12 aromatic rings. The van der Waals surface area contributed by atoms with Crippen LogP contribution < -0.4 is 0 Å². The van der Waals surface area contributed by atoms with Crippen molar-refractivity contribution in [3.8, 4) is 17.1 Å². The van der Waals surface area contributed by atoms with E-state index in [0.717, 1.165) is 88.4 Å². The largest absolute Gasteiger partial charge is 0.456 e. The van der Waals surface area contributed by atoms with Crippen LogP contribution in [-0.2, 0) is 0 Å². The van der Waals surface area contributed by atoms with Gasteiger partial charge in [-0.2, -0.15) is 0 Å². The predicted octanol–water partition coefficient (Wildman–Crippen LogP) is 13.6. The summed E-state index contributed by atoms with van der Waals surface area (Å²) in [5.74, 6) is 0.245. The van der Waals surface area contributed by atoms with E-state index in [9.17, 15) is 0 Å². The van der Waals surface area contributed by atoms with E-state index in [2.05, 4.69) is 126 Å². The number of rotatable bonds is 5. The summed E-state index contributed by atoms with van der Waals surface area (Å²) < 4.78 is 22.5. The minimum atomic E-state index is -0.326. The van der Waals surface area contributed by atoms with Crippen LogP contribution >= 0.6 is 0 Å². The van der Waals surface area contributed by atoms with E-state index in [0.29, 0.717) is 11.5 Å². The van der Waals surface area contributed by atoms with Crippen LogP contribution in [0.25, 0.3) is 93.9 Å². The quantitative estimate of drug-likeness (QED) is 0.167. The zero-order valence-electron chi connectivity index (χ0n) is 29.4. The van der Waals surface area contributed by atoms with Gasteiger partial charge in [0.25, 0.3) is 0 Å². The number of fused-ring (bicyclic) bond motifs is 10. The van der Waals surface area contributed by atoms with Crippen molar-refractivity contribution in [2.75, 3.05) is 0 Å². The molecule has 12 rings (SSSR count). The molecular weight excluding hydrogens is 677 g/mol. The normalized spacial score (nSPS) is 12.7. The molecule has 8 aromatic carbocycles. The molecule has 0 fully saturated rings. The monoisotopic (exact) mass is 706 g/mol. The van der Waals surface area contributed by atoms with Crippen molar-refractivity contribution in [1.29, 1.82) is 0 Å². The van der Waals surface area contributed by atoms with Crippen LogP contribution in [0.4, 0.5) is 0 Å². The first-order valence-electron chi connectivity index (χ1n) is 18.6. The Morgan fingerprint density at radius 1 is 0.455 bits per heavy atom. The summed E-state index contributed by atoms with van der Waals surface area (Å²) in [4.78, 5) is 5.31. The van der Waals surface area contributed by atoms with Gasteiger partial charge in [0.15, 0.2) is 5.58 Å².